The van der Waals surface area contributed by atoms with Gasteiger partial charge in [0.15, 0.2) is 5.82 Å². The molecule has 0 bridgehead atoms. The van der Waals surface area contributed by atoms with E-state index in [2.05, 4.69) is 20.8 Å². The van der Waals surface area contributed by atoms with E-state index in [1.54, 1.807) is 6.07 Å². The number of benzene rings is 1. The number of rotatable bonds is 6. The number of aromatic nitrogens is 2. The van der Waals surface area contributed by atoms with E-state index < -0.39 is 5.91 Å². The van der Waals surface area contributed by atoms with E-state index in [9.17, 15) is 9.59 Å². The van der Waals surface area contributed by atoms with Gasteiger partial charge in [0.1, 0.15) is 0 Å². The number of nitrogens with zero attached hydrogens (tertiary/aromatic N) is 2. The highest BCUT2D eigenvalue weighted by Gasteiger charge is 2.29. The first kappa shape index (κ1) is 15.2. The first-order valence-corrected chi connectivity index (χ1v) is 7.61. The summed E-state index contributed by atoms with van der Waals surface area (Å²) in [5, 5.41) is 9.19. The summed E-state index contributed by atoms with van der Waals surface area (Å²) < 4.78 is 4.93. The number of amides is 2. The minimum Gasteiger partial charge on any atom is -0.350 e. The van der Waals surface area contributed by atoms with Gasteiger partial charge in [-0.15, -0.1) is 0 Å². The zero-order valence-electron chi connectivity index (χ0n) is 12.8. The number of hydrogen-bond donors (Lipinski definition) is 2. The molecule has 120 valence electrons. The van der Waals surface area contributed by atoms with Crippen LogP contribution in [-0.2, 0) is 0 Å². The molecule has 1 aliphatic carbocycles. The van der Waals surface area contributed by atoms with Gasteiger partial charge in [0.25, 0.3) is 5.91 Å². The van der Waals surface area contributed by atoms with Gasteiger partial charge in [-0.2, -0.15) is 4.98 Å². The molecule has 0 saturated heterocycles. The Balaban J connectivity index is 1.43. The van der Waals surface area contributed by atoms with E-state index in [1.807, 2.05) is 25.1 Å². The van der Waals surface area contributed by atoms with E-state index in [-0.39, 0.29) is 18.3 Å². The summed E-state index contributed by atoms with van der Waals surface area (Å²) in [5.41, 5.74) is 1.54. The quantitative estimate of drug-likeness (QED) is 0.786. The van der Waals surface area contributed by atoms with Crippen LogP contribution >= 0.6 is 0 Å². The molecule has 0 spiro atoms. The van der Waals surface area contributed by atoms with Crippen molar-refractivity contribution in [2.75, 3.05) is 13.1 Å². The first-order valence-electron chi connectivity index (χ1n) is 7.61. The summed E-state index contributed by atoms with van der Waals surface area (Å²) in [6, 6.07) is 7.34. The smallest absolute Gasteiger partial charge is 0.315 e. The average Bonchev–Trinajstić information content (AvgIpc) is 3.28. The number of carbonyl (C=O) groups is 2. The van der Waals surface area contributed by atoms with Crippen molar-refractivity contribution in [2.24, 2.45) is 0 Å². The zero-order chi connectivity index (χ0) is 16.2. The van der Waals surface area contributed by atoms with Gasteiger partial charge in [0.2, 0.25) is 0 Å². The summed E-state index contributed by atoms with van der Waals surface area (Å²) in [7, 11) is 0. The molecule has 1 aromatic heterocycles. The van der Waals surface area contributed by atoms with Crippen molar-refractivity contribution in [3.05, 3.63) is 47.1 Å². The second-order valence-electron chi connectivity index (χ2n) is 5.56. The van der Waals surface area contributed by atoms with Gasteiger partial charge < -0.3 is 15.2 Å². The van der Waals surface area contributed by atoms with Crippen molar-refractivity contribution >= 4 is 11.8 Å². The van der Waals surface area contributed by atoms with Crippen LogP contribution in [0.25, 0.3) is 0 Å². The molecule has 0 aliphatic heterocycles. The summed E-state index contributed by atoms with van der Waals surface area (Å²) in [6.45, 7) is 2.49. The number of hydrogen-bond acceptors (Lipinski definition) is 5. The highest BCUT2D eigenvalue weighted by Crippen LogP contribution is 2.37. The molecule has 7 nitrogen and oxygen atoms in total. The molecule has 3 rings (SSSR count). The Morgan fingerprint density at radius 1 is 1.17 bits per heavy atom. The van der Waals surface area contributed by atoms with E-state index in [0.29, 0.717) is 23.9 Å². The van der Waals surface area contributed by atoms with Crippen LogP contribution in [0.2, 0.25) is 0 Å². The summed E-state index contributed by atoms with van der Waals surface area (Å²) in [5.74, 6) is 0.328. The molecule has 2 N–H and O–H groups in total. The van der Waals surface area contributed by atoms with Crippen molar-refractivity contribution < 1.29 is 14.1 Å². The molecule has 1 saturated carbocycles. The highest BCUT2D eigenvalue weighted by molar-refractivity contribution is 5.95. The van der Waals surface area contributed by atoms with Gasteiger partial charge in [0.05, 0.1) is 0 Å². The van der Waals surface area contributed by atoms with Gasteiger partial charge in [0, 0.05) is 24.6 Å². The number of carbonyl (C=O) groups excluding carboxylic acids is 2. The maximum absolute atomic E-state index is 12.0. The van der Waals surface area contributed by atoms with E-state index in [1.165, 1.54) is 0 Å². The molecule has 1 aliphatic rings. The SMILES string of the molecule is Cc1ccccc1C(=O)NCCNC(=O)c1nc(C2CC2)no1. The Morgan fingerprint density at radius 3 is 2.57 bits per heavy atom. The topological polar surface area (TPSA) is 97.1 Å². The lowest BCUT2D eigenvalue weighted by molar-refractivity contribution is 0.0898. The van der Waals surface area contributed by atoms with Crippen molar-refractivity contribution in [3.63, 3.8) is 0 Å². The monoisotopic (exact) mass is 314 g/mol. The second-order valence-corrected chi connectivity index (χ2v) is 5.56. The van der Waals surface area contributed by atoms with Crippen molar-refractivity contribution in [1.29, 1.82) is 0 Å². The minimum absolute atomic E-state index is 0.0304. The van der Waals surface area contributed by atoms with Crippen LogP contribution in [0.15, 0.2) is 28.8 Å². The summed E-state index contributed by atoms with van der Waals surface area (Å²) >= 11 is 0. The lowest BCUT2D eigenvalue weighted by atomic mass is 10.1. The lowest BCUT2D eigenvalue weighted by Gasteiger charge is -2.07. The molecule has 0 unspecified atom stereocenters. The van der Waals surface area contributed by atoms with Crippen LogP contribution < -0.4 is 10.6 Å². The van der Waals surface area contributed by atoms with Gasteiger partial charge in [-0.05, 0) is 31.4 Å². The molecule has 0 atom stereocenters. The van der Waals surface area contributed by atoms with Crippen LogP contribution in [0.3, 0.4) is 0 Å². The Kier molecular flexibility index (Phi) is 4.36. The van der Waals surface area contributed by atoms with Gasteiger partial charge >= 0.3 is 11.8 Å². The minimum atomic E-state index is -0.422. The standard InChI is InChI=1S/C16H18N4O3/c1-10-4-2-3-5-12(10)14(21)17-8-9-18-15(22)16-19-13(20-23-16)11-6-7-11/h2-5,11H,6-9H2,1H3,(H,17,21)(H,18,22). The fraction of sp³-hybridized carbons (Fsp3) is 0.375. The fourth-order valence-electron chi connectivity index (χ4n) is 2.19. The van der Waals surface area contributed by atoms with E-state index in [4.69, 9.17) is 4.52 Å². The Labute approximate surface area is 133 Å². The van der Waals surface area contributed by atoms with Crippen molar-refractivity contribution in [2.45, 2.75) is 25.7 Å². The van der Waals surface area contributed by atoms with Crippen molar-refractivity contribution in [1.82, 2.24) is 20.8 Å². The molecule has 0 radical (unpaired) electrons. The van der Waals surface area contributed by atoms with Crippen LogP contribution in [0.4, 0.5) is 0 Å². The maximum Gasteiger partial charge on any atom is 0.315 e. The van der Waals surface area contributed by atoms with Crippen LogP contribution in [0, 0.1) is 6.92 Å². The predicted octanol–water partition coefficient (Wildman–Crippen LogP) is 1.42. The molecular weight excluding hydrogens is 296 g/mol. The third-order valence-corrected chi connectivity index (χ3v) is 3.66. The number of aryl methyl sites for hydroxylation is 1. The van der Waals surface area contributed by atoms with Gasteiger partial charge in [-0.1, -0.05) is 23.4 Å². The molecule has 1 aromatic carbocycles. The zero-order valence-corrected chi connectivity index (χ0v) is 12.8. The molecule has 7 heteroatoms. The average molecular weight is 314 g/mol. The maximum atomic E-state index is 12.0. The predicted molar refractivity (Wildman–Crippen MR) is 82.1 cm³/mol. The Bertz CT molecular complexity index is 722. The normalized spacial score (nSPS) is 13.6. The molecule has 23 heavy (non-hydrogen) atoms. The van der Waals surface area contributed by atoms with Gasteiger partial charge in [-0.25, -0.2) is 0 Å². The second kappa shape index (κ2) is 6.60. The summed E-state index contributed by atoms with van der Waals surface area (Å²) in [4.78, 5) is 27.9. The Morgan fingerprint density at radius 2 is 1.87 bits per heavy atom. The third kappa shape index (κ3) is 3.74. The first-order chi connectivity index (χ1) is 11.1. The molecular formula is C16H18N4O3. The highest BCUT2D eigenvalue weighted by atomic mass is 16.5. The van der Waals surface area contributed by atoms with E-state index >= 15 is 0 Å². The van der Waals surface area contributed by atoms with Crippen LogP contribution in [-0.4, -0.2) is 35.0 Å². The van der Waals surface area contributed by atoms with Crippen molar-refractivity contribution in [3.8, 4) is 0 Å². The lowest BCUT2D eigenvalue weighted by Crippen LogP contribution is -2.35. The molecule has 1 fully saturated rings. The van der Waals surface area contributed by atoms with Gasteiger partial charge in [-0.3, -0.25) is 9.59 Å². The van der Waals surface area contributed by atoms with E-state index in [0.717, 1.165) is 18.4 Å². The third-order valence-electron chi connectivity index (χ3n) is 3.66. The molecule has 1 heterocycles. The molecule has 2 aromatic rings. The Hall–Kier alpha value is -2.70. The van der Waals surface area contributed by atoms with Crippen LogP contribution in [0.5, 0.6) is 0 Å². The molecule has 2 amide bonds. The number of nitrogens with one attached hydrogen (secondary N) is 2. The summed E-state index contributed by atoms with van der Waals surface area (Å²) in [6.07, 6.45) is 2.09. The largest absolute Gasteiger partial charge is 0.350 e. The fourth-order valence-corrected chi connectivity index (χ4v) is 2.19. The van der Waals surface area contributed by atoms with Crippen LogP contribution in [0.1, 0.15) is 51.2 Å².